The van der Waals surface area contributed by atoms with Gasteiger partial charge in [-0.3, -0.25) is 0 Å². The zero-order valence-electron chi connectivity index (χ0n) is 11.4. The van der Waals surface area contributed by atoms with Gasteiger partial charge in [0.15, 0.2) is 0 Å². The number of halogens is 2. The largest absolute Gasteiger partial charge is 0.348 e. The fourth-order valence-corrected chi connectivity index (χ4v) is 3.19. The van der Waals surface area contributed by atoms with Crippen LogP contribution in [0.5, 0.6) is 0 Å². The quantitative estimate of drug-likeness (QED) is 0.353. The van der Waals surface area contributed by atoms with Crippen LogP contribution in [0.1, 0.15) is 11.4 Å². The van der Waals surface area contributed by atoms with Gasteiger partial charge in [-0.15, -0.1) is 0 Å². The van der Waals surface area contributed by atoms with Crippen molar-refractivity contribution in [3.63, 3.8) is 0 Å². The van der Waals surface area contributed by atoms with Crippen molar-refractivity contribution in [3.8, 4) is 11.8 Å². The van der Waals surface area contributed by atoms with Gasteiger partial charge in [0, 0.05) is 30.8 Å². The average Bonchev–Trinajstić information content (AvgIpc) is 3.07. The molecule has 0 unspecified atom stereocenters. The number of H-pyrrole nitrogens is 2. The third-order valence-corrected chi connectivity index (χ3v) is 4.49. The van der Waals surface area contributed by atoms with E-state index in [1.54, 1.807) is 0 Å². The first-order chi connectivity index (χ1) is 10.7. The number of hydrogen-bond donors (Lipinski definition) is 2. The minimum Gasteiger partial charge on any atom is -0.348 e. The monoisotopic (exact) mass is 412 g/mol. The molecule has 0 aliphatic carbocycles. The van der Waals surface area contributed by atoms with Crippen LogP contribution in [0.4, 0.5) is 0 Å². The fraction of sp³-hybridized carbons (Fsp3) is 0. The summed E-state index contributed by atoms with van der Waals surface area (Å²) < 4.78 is 2.12. The number of benzene rings is 2. The Morgan fingerprint density at radius 3 is 1.55 bits per heavy atom. The smallest absolute Gasteiger partial charge is 0.0908 e. The van der Waals surface area contributed by atoms with Crippen LogP contribution in [0.15, 0.2) is 57.5 Å². The van der Waals surface area contributed by atoms with E-state index in [-0.39, 0.29) is 0 Å². The van der Waals surface area contributed by atoms with Crippen molar-refractivity contribution in [2.45, 2.75) is 0 Å². The number of nitrogens with one attached hydrogen (secondary N) is 2. The van der Waals surface area contributed by atoms with E-state index >= 15 is 0 Å². The Morgan fingerprint density at radius 1 is 0.636 bits per heavy atom. The number of rotatable bonds is 0. The maximum Gasteiger partial charge on any atom is 0.0908 e. The van der Waals surface area contributed by atoms with Gasteiger partial charge in [-0.25, -0.2) is 0 Å². The Morgan fingerprint density at radius 2 is 1.09 bits per heavy atom. The summed E-state index contributed by atoms with van der Waals surface area (Å²) in [5, 5.41) is 2.32. The molecule has 0 radical (unpaired) electrons. The van der Waals surface area contributed by atoms with Crippen LogP contribution in [-0.2, 0) is 0 Å². The molecule has 0 amide bonds. The summed E-state index contributed by atoms with van der Waals surface area (Å²) in [7, 11) is 0. The molecule has 4 rings (SSSR count). The van der Waals surface area contributed by atoms with Crippen molar-refractivity contribution in [1.29, 1.82) is 0 Å². The van der Waals surface area contributed by atoms with Gasteiger partial charge in [-0.1, -0.05) is 44.0 Å². The topological polar surface area (TPSA) is 31.6 Å². The van der Waals surface area contributed by atoms with Crippen LogP contribution in [-0.4, -0.2) is 9.97 Å². The summed E-state index contributed by atoms with van der Waals surface area (Å²) in [6.45, 7) is 0. The molecule has 0 fully saturated rings. The van der Waals surface area contributed by atoms with Gasteiger partial charge < -0.3 is 9.97 Å². The second-order valence-electron chi connectivity index (χ2n) is 5.08. The van der Waals surface area contributed by atoms with Crippen LogP contribution < -0.4 is 0 Å². The molecular weight excluding hydrogens is 404 g/mol. The van der Waals surface area contributed by atoms with Gasteiger partial charge in [-0.05, 0) is 48.2 Å². The van der Waals surface area contributed by atoms with E-state index < -0.39 is 0 Å². The lowest BCUT2D eigenvalue weighted by Gasteiger charge is -1.89. The molecule has 106 valence electrons. The van der Waals surface area contributed by atoms with E-state index in [1.165, 1.54) is 0 Å². The number of hydrogen-bond acceptors (Lipinski definition) is 0. The van der Waals surface area contributed by atoms with Crippen LogP contribution >= 0.6 is 31.9 Å². The Labute approximate surface area is 144 Å². The lowest BCUT2D eigenvalue weighted by atomic mass is 10.2. The Bertz CT molecular complexity index is 977. The molecule has 0 atom stereocenters. The van der Waals surface area contributed by atoms with Crippen LogP contribution in [0, 0.1) is 11.8 Å². The highest BCUT2D eigenvalue weighted by molar-refractivity contribution is 9.10. The molecule has 4 heteroatoms. The first-order valence-corrected chi connectivity index (χ1v) is 8.34. The predicted octanol–water partition coefficient (Wildman–Crippen LogP) is 5.57. The van der Waals surface area contributed by atoms with E-state index in [2.05, 4.69) is 90.1 Å². The summed E-state index contributed by atoms with van der Waals surface area (Å²) in [6.07, 6.45) is 0. The number of aromatic nitrogens is 2. The number of fused-ring (bicyclic) bond motifs is 2. The minimum absolute atomic E-state index is 0.910. The zero-order valence-corrected chi connectivity index (χ0v) is 14.5. The molecule has 0 saturated carbocycles. The predicted molar refractivity (Wildman–Crippen MR) is 98.0 cm³/mol. The second-order valence-corrected chi connectivity index (χ2v) is 6.91. The van der Waals surface area contributed by atoms with E-state index in [0.717, 1.165) is 42.1 Å². The normalized spacial score (nSPS) is 10.8. The van der Waals surface area contributed by atoms with Gasteiger partial charge >= 0.3 is 0 Å². The van der Waals surface area contributed by atoms with Crippen molar-refractivity contribution >= 4 is 53.7 Å². The Balaban J connectivity index is 1.73. The molecule has 0 saturated heterocycles. The zero-order chi connectivity index (χ0) is 15.1. The van der Waals surface area contributed by atoms with Crippen LogP contribution in [0.2, 0.25) is 0 Å². The van der Waals surface area contributed by atoms with E-state index in [0.29, 0.717) is 0 Å². The van der Waals surface area contributed by atoms with Crippen molar-refractivity contribution in [3.05, 3.63) is 68.9 Å². The summed E-state index contributed by atoms with van der Waals surface area (Å²) in [5.74, 6) is 6.36. The molecule has 2 heterocycles. The fourth-order valence-electron chi connectivity index (χ4n) is 2.47. The molecule has 0 aliphatic rings. The average molecular weight is 414 g/mol. The van der Waals surface area contributed by atoms with Crippen molar-refractivity contribution in [1.82, 2.24) is 9.97 Å². The molecule has 0 bridgehead atoms. The molecule has 0 aliphatic heterocycles. The second kappa shape index (κ2) is 5.35. The van der Waals surface area contributed by atoms with Crippen molar-refractivity contribution in [2.24, 2.45) is 0 Å². The molecule has 4 aromatic rings. The Kier molecular flexibility index (Phi) is 3.33. The standard InChI is InChI=1S/C18H10Br2N2/c19-13-3-1-11-7-15(21-17(11)9-13)5-6-16-8-12-2-4-14(20)10-18(12)22-16/h1-4,7-10,21-22H. The third-order valence-electron chi connectivity index (χ3n) is 3.50. The maximum atomic E-state index is 3.48. The first kappa shape index (κ1) is 13.7. The van der Waals surface area contributed by atoms with Gasteiger partial charge in [0.25, 0.3) is 0 Å². The van der Waals surface area contributed by atoms with Gasteiger partial charge in [0.1, 0.15) is 0 Å². The highest BCUT2D eigenvalue weighted by atomic mass is 79.9. The van der Waals surface area contributed by atoms with E-state index in [1.807, 2.05) is 12.1 Å². The maximum absolute atomic E-state index is 3.48. The molecule has 2 N–H and O–H groups in total. The van der Waals surface area contributed by atoms with Gasteiger partial charge in [-0.2, -0.15) is 0 Å². The summed E-state index contributed by atoms with van der Waals surface area (Å²) in [5.41, 5.74) is 3.99. The highest BCUT2D eigenvalue weighted by Crippen LogP contribution is 2.21. The molecule has 2 nitrogen and oxygen atoms in total. The molecule has 22 heavy (non-hydrogen) atoms. The Hall–Kier alpha value is -1.96. The minimum atomic E-state index is 0.910. The highest BCUT2D eigenvalue weighted by Gasteiger charge is 2.01. The van der Waals surface area contributed by atoms with Crippen molar-refractivity contribution in [2.75, 3.05) is 0 Å². The third kappa shape index (κ3) is 2.58. The molecular formula is C18H10Br2N2. The van der Waals surface area contributed by atoms with Crippen molar-refractivity contribution < 1.29 is 0 Å². The number of aromatic amines is 2. The van der Waals surface area contributed by atoms with Crippen LogP contribution in [0.25, 0.3) is 21.8 Å². The molecule has 2 aromatic heterocycles. The van der Waals surface area contributed by atoms with E-state index in [4.69, 9.17) is 0 Å². The van der Waals surface area contributed by atoms with E-state index in [9.17, 15) is 0 Å². The SMILES string of the molecule is Brc1ccc2cc(C#Cc3cc4ccc(Br)cc4[nH]3)[nH]c2c1. The molecule has 0 spiro atoms. The molecule has 2 aromatic carbocycles. The lowest BCUT2D eigenvalue weighted by Crippen LogP contribution is -1.75. The van der Waals surface area contributed by atoms with Crippen LogP contribution in [0.3, 0.4) is 0 Å². The first-order valence-electron chi connectivity index (χ1n) is 6.76. The summed E-state index contributed by atoms with van der Waals surface area (Å²) >= 11 is 6.96. The van der Waals surface area contributed by atoms with Gasteiger partial charge in [0.2, 0.25) is 0 Å². The summed E-state index contributed by atoms with van der Waals surface area (Å²) in [4.78, 5) is 6.65. The summed E-state index contributed by atoms with van der Waals surface area (Å²) in [6, 6.07) is 16.4. The van der Waals surface area contributed by atoms with Gasteiger partial charge in [0.05, 0.1) is 11.4 Å². The lowest BCUT2D eigenvalue weighted by molar-refractivity contribution is 1.40.